The van der Waals surface area contributed by atoms with Crippen LogP contribution in [0.2, 0.25) is 44.8 Å². The summed E-state index contributed by atoms with van der Waals surface area (Å²) >= 11 is 0. The molecule has 0 aromatic heterocycles. The maximum absolute atomic E-state index is 6.71. The topological polar surface area (TPSA) is 53.7 Å². The number of rotatable bonds is 14. The summed E-state index contributed by atoms with van der Waals surface area (Å²) in [5.74, 6) is 0.795. The molecule has 4 nitrogen and oxygen atoms in total. The van der Waals surface area contributed by atoms with Crippen molar-refractivity contribution in [2.45, 2.75) is 120 Å². The molecule has 0 rings (SSSR count). The Labute approximate surface area is 184 Å². The van der Waals surface area contributed by atoms with Crippen molar-refractivity contribution >= 4 is 25.4 Å². The monoisotopic (exact) mass is 457 g/mol. The average Bonchev–Trinajstić information content (AvgIpc) is 2.43. The first-order valence-electron chi connectivity index (χ1n) is 9.65. The zero-order valence-electron chi connectivity index (χ0n) is 17.5. The van der Waals surface area contributed by atoms with E-state index in [1.54, 1.807) is 7.11 Å². The molecule has 0 aromatic carbocycles. The van der Waals surface area contributed by atoms with Gasteiger partial charge in [0.05, 0.1) is 0 Å². The summed E-state index contributed by atoms with van der Waals surface area (Å²) in [6.45, 7) is 16.5. The molecule has 3 atom stereocenters. The van der Waals surface area contributed by atoms with Crippen molar-refractivity contribution in [3.8, 4) is 0 Å². The van der Waals surface area contributed by atoms with E-state index in [-0.39, 0.29) is 29.7 Å². The Morgan fingerprint density at radius 2 is 1.29 bits per heavy atom. The summed E-state index contributed by atoms with van der Waals surface area (Å²) in [6, 6.07) is 2.02. The van der Waals surface area contributed by atoms with Gasteiger partial charge >= 0.3 is 17.1 Å². The van der Waals surface area contributed by atoms with Gasteiger partial charge in [-0.25, -0.2) is 0 Å². The Balaban J connectivity index is -0.000000441. The average molecular weight is 458 g/mol. The largest absolute Gasteiger partial charge is 0.437 e. The van der Waals surface area contributed by atoms with Crippen molar-refractivity contribution in [2.24, 2.45) is 11.7 Å². The summed E-state index contributed by atoms with van der Waals surface area (Å²) in [5, 5.41) is 0. The molecule has 7 heteroatoms. The molecule has 2 N–H and O–H groups in total. The van der Waals surface area contributed by atoms with Gasteiger partial charge in [0.25, 0.3) is 0 Å². The van der Waals surface area contributed by atoms with E-state index >= 15 is 0 Å². The van der Waals surface area contributed by atoms with Crippen LogP contribution in [-0.2, 0) is 12.7 Å². The Kier molecular flexibility index (Phi) is 25.5. The minimum absolute atomic E-state index is 0. The highest BCUT2D eigenvalue weighted by atomic mass is 28.5. The summed E-state index contributed by atoms with van der Waals surface area (Å²) in [7, 11) is -4.28. The van der Waals surface area contributed by atoms with Crippen molar-refractivity contribution in [1.82, 2.24) is 0 Å². The summed E-state index contributed by atoms with van der Waals surface area (Å²) < 4.78 is 19.2. The minimum Gasteiger partial charge on any atom is -0.437 e. The number of hydrogen-bond acceptors (Lipinski definition) is 4. The zero-order valence-corrected chi connectivity index (χ0v) is 20.5. The lowest BCUT2D eigenvalue weighted by molar-refractivity contribution is 0.266. The molecular formula is C21H59NO3Si3. The molecule has 178 valence electrons. The molecule has 0 bridgehead atoms. The van der Waals surface area contributed by atoms with E-state index in [1.807, 2.05) is 0 Å². The molecule has 3 unspecified atom stereocenters. The second-order valence-corrected chi connectivity index (χ2v) is 20.3. The Hall–Kier alpha value is 0.491. The smallest absolute Gasteiger partial charge is 0.325 e. The molecule has 0 radical (unpaired) electrons. The molecule has 0 aliphatic carbocycles. The summed E-state index contributed by atoms with van der Waals surface area (Å²) in [4.78, 5) is 0. The first-order chi connectivity index (χ1) is 11.0. The van der Waals surface area contributed by atoms with Gasteiger partial charge in [-0.15, -0.1) is 0 Å². The van der Waals surface area contributed by atoms with E-state index in [4.69, 9.17) is 18.4 Å². The van der Waals surface area contributed by atoms with E-state index in [0.717, 1.165) is 24.4 Å². The van der Waals surface area contributed by atoms with Crippen molar-refractivity contribution in [3.63, 3.8) is 0 Å². The molecule has 0 spiro atoms. The third-order valence-electron chi connectivity index (χ3n) is 4.33. The minimum atomic E-state index is -2.22. The fourth-order valence-corrected chi connectivity index (χ4v) is 16.1. The van der Waals surface area contributed by atoms with Crippen LogP contribution in [0.25, 0.3) is 0 Å². The summed E-state index contributed by atoms with van der Waals surface area (Å²) in [6.07, 6.45) is 6.00. The normalized spacial score (nSPS) is 16.2. The van der Waals surface area contributed by atoms with Crippen LogP contribution in [0.1, 0.15) is 75.7 Å². The summed E-state index contributed by atoms with van der Waals surface area (Å²) in [5.41, 5.74) is 5.70. The molecule has 0 saturated carbocycles. The molecule has 0 aromatic rings. The van der Waals surface area contributed by atoms with Crippen LogP contribution in [0, 0.1) is 5.92 Å². The van der Waals surface area contributed by atoms with Crippen LogP contribution in [0.3, 0.4) is 0 Å². The molecular weight excluding hydrogens is 398 g/mol. The molecule has 28 heavy (non-hydrogen) atoms. The van der Waals surface area contributed by atoms with E-state index in [2.05, 4.69) is 46.6 Å². The van der Waals surface area contributed by atoms with Crippen molar-refractivity contribution in [1.29, 1.82) is 0 Å². The lowest BCUT2D eigenvalue weighted by atomic mass is 10.0. The fourth-order valence-electron chi connectivity index (χ4n) is 3.25. The van der Waals surface area contributed by atoms with E-state index in [0.29, 0.717) is 6.54 Å². The first-order valence-corrected chi connectivity index (χ1v) is 18.1. The highest BCUT2D eigenvalue weighted by Crippen LogP contribution is 2.29. The lowest BCUT2D eigenvalue weighted by Gasteiger charge is -2.40. The predicted molar refractivity (Wildman–Crippen MR) is 139 cm³/mol. The van der Waals surface area contributed by atoms with Gasteiger partial charge in [-0.2, -0.15) is 0 Å². The second-order valence-electron chi connectivity index (χ2n) is 8.47. The highest BCUT2D eigenvalue weighted by molar-refractivity contribution is 6.86. The molecule has 0 heterocycles. The third-order valence-corrected chi connectivity index (χ3v) is 15.3. The van der Waals surface area contributed by atoms with Crippen molar-refractivity contribution in [3.05, 3.63) is 0 Å². The molecule has 0 amide bonds. The van der Waals surface area contributed by atoms with E-state index in [9.17, 15) is 0 Å². The van der Waals surface area contributed by atoms with Gasteiger partial charge < -0.3 is 18.4 Å². The van der Waals surface area contributed by atoms with Gasteiger partial charge in [0, 0.05) is 7.11 Å². The van der Waals surface area contributed by atoms with Gasteiger partial charge in [0.2, 0.25) is 0 Å². The SMILES string of the molecule is C.C.C.C.CCCC(C)CCC[Si](C)(O[Si](C)(C)C)O[Si](C)(CCCN)OC. The van der Waals surface area contributed by atoms with Crippen LogP contribution in [0.5, 0.6) is 0 Å². The van der Waals surface area contributed by atoms with Crippen LogP contribution < -0.4 is 5.73 Å². The van der Waals surface area contributed by atoms with Gasteiger partial charge in [-0.1, -0.05) is 69.2 Å². The van der Waals surface area contributed by atoms with Crippen LogP contribution in [-0.4, -0.2) is 39.1 Å². The Morgan fingerprint density at radius 3 is 1.68 bits per heavy atom. The van der Waals surface area contributed by atoms with E-state index in [1.165, 1.54) is 25.7 Å². The Bertz CT molecular complexity index is 343. The second kappa shape index (κ2) is 18.3. The maximum Gasteiger partial charge on any atom is 0.325 e. The maximum atomic E-state index is 6.71. The molecule has 0 saturated heterocycles. The Morgan fingerprint density at radius 1 is 0.786 bits per heavy atom. The number of hydrogen-bond donors (Lipinski definition) is 1. The standard InChI is InChI=1S/C17H43NO3Si3.4CH4/c1-9-12-17(2)13-10-15-24(8,20-22(4,5)6)21-23(7,19-3)16-11-14-18;;;;/h17H,9-16,18H2,1-8H3;4*1H4. The third kappa shape index (κ3) is 18.5. The first kappa shape index (κ1) is 39.0. The predicted octanol–water partition coefficient (Wildman–Crippen LogP) is 7.75. The molecule has 0 aliphatic heterocycles. The van der Waals surface area contributed by atoms with Crippen LogP contribution >= 0.6 is 0 Å². The van der Waals surface area contributed by atoms with Gasteiger partial charge in [0.1, 0.15) is 0 Å². The van der Waals surface area contributed by atoms with E-state index < -0.39 is 25.4 Å². The molecule has 0 fully saturated rings. The zero-order chi connectivity index (χ0) is 18.9. The van der Waals surface area contributed by atoms with Crippen LogP contribution in [0.4, 0.5) is 0 Å². The highest BCUT2D eigenvalue weighted by Gasteiger charge is 2.44. The molecule has 0 aliphatic rings. The fraction of sp³-hybridized carbons (Fsp3) is 1.00. The number of nitrogens with two attached hydrogens (primary N) is 1. The lowest BCUT2D eigenvalue weighted by Crippen LogP contribution is -2.55. The van der Waals surface area contributed by atoms with Crippen molar-refractivity contribution < 1.29 is 12.7 Å². The van der Waals surface area contributed by atoms with Gasteiger partial charge in [0.15, 0.2) is 8.32 Å². The van der Waals surface area contributed by atoms with Crippen molar-refractivity contribution in [2.75, 3.05) is 13.7 Å². The quantitative estimate of drug-likeness (QED) is 0.271. The van der Waals surface area contributed by atoms with Crippen LogP contribution in [0.15, 0.2) is 0 Å². The van der Waals surface area contributed by atoms with Gasteiger partial charge in [-0.3, -0.25) is 0 Å². The van der Waals surface area contributed by atoms with Gasteiger partial charge in [-0.05, 0) is 63.7 Å².